The minimum Gasteiger partial charge on any atom is -0.760 e. The van der Waals surface area contributed by atoms with Gasteiger partial charge in [-0.25, -0.2) is 9.67 Å². The van der Waals surface area contributed by atoms with Crippen molar-refractivity contribution in [2.45, 2.75) is 31.7 Å². The minimum atomic E-state index is 0. The molecule has 0 saturated carbocycles. The summed E-state index contributed by atoms with van der Waals surface area (Å²) in [6.45, 7) is 4.13. The molecule has 4 nitrogen and oxygen atoms in total. The number of aromatic nitrogens is 4. The first-order chi connectivity index (χ1) is 12.2. The van der Waals surface area contributed by atoms with Crippen LogP contribution in [0.5, 0.6) is 0 Å². The van der Waals surface area contributed by atoms with Gasteiger partial charge in [0, 0.05) is 25.8 Å². The molecule has 0 aliphatic rings. The predicted octanol–water partition coefficient (Wildman–Crippen LogP) is 4.38. The topological polar surface area (TPSA) is 35.6 Å². The van der Waals surface area contributed by atoms with Crippen molar-refractivity contribution in [2.24, 2.45) is 0 Å². The average molecular weight is 540 g/mol. The number of rotatable bonds is 4. The maximum atomic E-state index is 5.48. The van der Waals surface area contributed by atoms with Gasteiger partial charge < -0.3 is 12.6 Å². The van der Waals surface area contributed by atoms with Gasteiger partial charge in [0.25, 0.3) is 0 Å². The summed E-state index contributed by atoms with van der Waals surface area (Å²) in [4.78, 5) is 4.87. The van der Waals surface area contributed by atoms with E-state index in [1.807, 2.05) is 31.2 Å². The number of nitrogens with zero attached hydrogens (tertiary/aromatic N) is 4. The van der Waals surface area contributed by atoms with E-state index in [0.29, 0.717) is 5.03 Å². The Balaban J connectivity index is 0.00000196. The Morgan fingerprint density at radius 1 is 1.04 bits per heavy atom. The molecule has 0 bridgehead atoms. The van der Waals surface area contributed by atoms with Crippen molar-refractivity contribution in [3.05, 3.63) is 65.9 Å². The van der Waals surface area contributed by atoms with Crippen LogP contribution in [0.3, 0.4) is 0 Å². The molecule has 2 heterocycles. The van der Waals surface area contributed by atoms with E-state index in [9.17, 15) is 0 Å². The molecule has 4 rings (SSSR count). The Morgan fingerprint density at radius 2 is 1.81 bits per heavy atom. The molecular formula is C20H19IrN4S-. The summed E-state index contributed by atoms with van der Waals surface area (Å²) >= 11 is 5.48. The van der Waals surface area contributed by atoms with E-state index in [-0.39, 0.29) is 20.1 Å². The minimum absolute atomic E-state index is 0. The van der Waals surface area contributed by atoms with Gasteiger partial charge in [0.2, 0.25) is 5.95 Å². The molecule has 0 spiro atoms. The van der Waals surface area contributed by atoms with Crippen LogP contribution in [0.1, 0.15) is 24.6 Å². The fourth-order valence-electron chi connectivity index (χ4n) is 3.15. The Labute approximate surface area is 172 Å². The smallest absolute Gasteiger partial charge is 0.235 e. The van der Waals surface area contributed by atoms with Gasteiger partial charge in [0.1, 0.15) is 0 Å². The number of aryl methyl sites for hydroxylation is 2. The third kappa shape index (κ3) is 3.32. The van der Waals surface area contributed by atoms with Crippen LogP contribution in [0.2, 0.25) is 0 Å². The second-order valence-corrected chi connectivity index (χ2v) is 6.61. The zero-order valence-corrected chi connectivity index (χ0v) is 17.9. The van der Waals surface area contributed by atoms with Crippen LogP contribution in [0.25, 0.3) is 22.7 Å². The standard InChI is InChI=1S/C20H20N4S.Ir/c1-3-7-15-10-11-18-17(13-15)21-20(24-19(25)12-14(2)22-24)23(18)16-8-5-4-6-9-16;/h4-6,8-13,25H,3,7H2,1-2H3;/p-1. The van der Waals surface area contributed by atoms with Crippen molar-refractivity contribution in [2.75, 3.05) is 0 Å². The van der Waals surface area contributed by atoms with Gasteiger partial charge in [-0.2, -0.15) is 5.10 Å². The molecule has 4 aromatic rings. The number of para-hydroxylation sites is 1. The molecule has 2 aromatic carbocycles. The Kier molecular flexibility index (Phi) is 5.56. The average Bonchev–Trinajstić information content (AvgIpc) is 3.14. The van der Waals surface area contributed by atoms with Gasteiger partial charge in [-0.05, 0) is 49.2 Å². The molecule has 0 saturated heterocycles. The van der Waals surface area contributed by atoms with Crippen LogP contribution >= 0.6 is 0 Å². The largest absolute Gasteiger partial charge is 0.760 e. The Bertz CT molecular complexity index is 1040. The van der Waals surface area contributed by atoms with E-state index < -0.39 is 0 Å². The molecule has 0 unspecified atom stereocenters. The van der Waals surface area contributed by atoms with E-state index in [4.69, 9.17) is 17.6 Å². The van der Waals surface area contributed by atoms with Crippen LogP contribution in [0.4, 0.5) is 0 Å². The van der Waals surface area contributed by atoms with Crippen LogP contribution < -0.4 is 0 Å². The summed E-state index contributed by atoms with van der Waals surface area (Å²) in [6, 6.07) is 18.6. The van der Waals surface area contributed by atoms with E-state index >= 15 is 0 Å². The maximum absolute atomic E-state index is 5.48. The zero-order chi connectivity index (χ0) is 17.4. The number of hydrogen-bond donors (Lipinski definition) is 0. The van der Waals surface area contributed by atoms with Gasteiger partial charge in [-0.1, -0.05) is 42.6 Å². The van der Waals surface area contributed by atoms with Crippen molar-refractivity contribution >= 4 is 23.7 Å². The molecule has 2 aromatic heterocycles. The molecule has 1 radical (unpaired) electrons. The second-order valence-electron chi connectivity index (χ2n) is 6.19. The molecule has 26 heavy (non-hydrogen) atoms. The summed E-state index contributed by atoms with van der Waals surface area (Å²) in [7, 11) is 0. The van der Waals surface area contributed by atoms with Crippen molar-refractivity contribution in [1.29, 1.82) is 0 Å². The first kappa shape index (κ1) is 18.8. The molecule has 0 N–H and O–H groups in total. The molecule has 6 heteroatoms. The van der Waals surface area contributed by atoms with E-state index in [1.54, 1.807) is 4.68 Å². The molecule has 0 amide bonds. The normalized spacial score (nSPS) is 10.8. The zero-order valence-electron chi connectivity index (χ0n) is 14.6. The van der Waals surface area contributed by atoms with Crippen LogP contribution in [-0.2, 0) is 39.2 Å². The number of hydrogen-bond acceptors (Lipinski definition) is 3. The van der Waals surface area contributed by atoms with Crippen molar-refractivity contribution in [3.8, 4) is 11.6 Å². The Hall–Kier alpha value is -2.01. The van der Waals surface area contributed by atoms with Gasteiger partial charge in [-0.3, -0.25) is 4.57 Å². The number of benzene rings is 2. The first-order valence-corrected chi connectivity index (χ1v) is 8.89. The molecule has 135 valence electrons. The Morgan fingerprint density at radius 3 is 2.46 bits per heavy atom. The molecule has 0 aliphatic heterocycles. The first-order valence-electron chi connectivity index (χ1n) is 8.48. The monoisotopic (exact) mass is 540 g/mol. The van der Waals surface area contributed by atoms with Crippen molar-refractivity contribution < 1.29 is 20.1 Å². The van der Waals surface area contributed by atoms with Crippen LogP contribution in [0.15, 0.2) is 59.6 Å². The van der Waals surface area contributed by atoms with Crippen molar-refractivity contribution in [3.63, 3.8) is 0 Å². The predicted molar refractivity (Wildman–Crippen MR) is 103 cm³/mol. The fraction of sp³-hybridized carbons (Fsp3) is 0.200. The van der Waals surface area contributed by atoms with E-state index in [1.165, 1.54) is 5.56 Å². The number of imidazole rings is 1. The third-order valence-corrected chi connectivity index (χ3v) is 4.53. The summed E-state index contributed by atoms with van der Waals surface area (Å²) < 4.78 is 3.87. The molecule has 0 fully saturated rings. The van der Waals surface area contributed by atoms with E-state index in [2.05, 4.69) is 46.9 Å². The summed E-state index contributed by atoms with van der Waals surface area (Å²) in [6.07, 6.45) is 2.17. The summed E-state index contributed by atoms with van der Waals surface area (Å²) in [5.41, 5.74) is 5.26. The summed E-state index contributed by atoms with van der Waals surface area (Å²) in [5.74, 6) is 0.730. The third-order valence-electron chi connectivity index (χ3n) is 4.24. The van der Waals surface area contributed by atoms with Gasteiger partial charge in [-0.15, -0.1) is 0 Å². The van der Waals surface area contributed by atoms with Gasteiger partial charge >= 0.3 is 0 Å². The second kappa shape index (κ2) is 7.70. The van der Waals surface area contributed by atoms with Crippen molar-refractivity contribution in [1.82, 2.24) is 19.3 Å². The van der Waals surface area contributed by atoms with Gasteiger partial charge in [0.05, 0.1) is 16.7 Å². The van der Waals surface area contributed by atoms with Gasteiger partial charge in [0.15, 0.2) is 0 Å². The maximum Gasteiger partial charge on any atom is 0.235 e. The molecular weight excluding hydrogens is 521 g/mol. The summed E-state index contributed by atoms with van der Waals surface area (Å²) in [5, 5.41) is 5.22. The molecule has 0 atom stereocenters. The number of fused-ring (bicyclic) bond motifs is 1. The fourth-order valence-corrected chi connectivity index (χ4v) is 3.44. The quantitative estimate of drug-likeness (QED) is 0.361. The van der Waals surface area contributed by atoms with Crippen LogP contribution in [-0.4, -0.2) is 19.3 Å². The SMILES string of the molecule is CCCc1ccc2c(c1)nc(-n1nc(C)cc1[S-])n2-c1ccccc1.[Ir]. The molecule has 0 aliphatic carbocycles. The van der Waals surface area contributed by atoms with E-state index in [0.717, 1.165) is 41.2 Å². The van der Waals surface area contributed by atoms with Crippen LogP contribution in [0, 0.1) is 6.92 Å².